The lowest BCUT2D eigenvalue weighted by molar-refractivity contribution is -0.116. The Morgan fingerprint density at radius 2 is 1.81 bits per heavy atom. The highest BCUT2D eigenvalue weighted by molar-refractivity contribution is 7.99. The summed E-state index contributed by atoms with van der Waals surface area (Å²) in [5.74, 6) is 0.497. The van der Waals surface area contributed by atoms with Crippen molar-refractivity contribution in [1.29, 1.82) is 0 Å². The molecule has 26 heavy (non-hydrogen) atoms. The molecule has 0 radical (unpaired) electrons. The summed E-state index contributed by atoms with van der Waals surface area (Å²) in [6.45, 7) is 5.98. The van der Waals surface area contributed by atoms with Crippen LogP contribution in [0.25, 0.3) is 0 Å². The predicted octanol–water partition coefficient (Wildman–Crippen LogP) is 4.68. The summed E-state index contributed by atoms with van der Waals surface area (Å²) in [5, 5.41) is 2.80. The largest absolute Gasteiger partial charge is 0.465 e. The van der Waals surface area contributed by atoms with Crippen molar-refractivity contribution in [3.05, 3.63) is 65.2 Å². The SMILES string of the molecule is COC(=O)c1ccc(C)c(NC(=O)C(SCc2ccccc2)C(C)C)c1. The molecule has 0 fully saturated rings. The van der Waals surface area contributed by atoms with E-state index < -0.39 is 5.97 Å². The van der Waals surface area contributed by atoms with E-state index in [4.69, 9.17) is 4.74 Å². The van der Waals surface area contributed by atoms with Gasteiger partial charge in [-0.1, -0.05) is 50.2 Å². The van der Waals surface area contributed by atoms with E-state index in [9.17, 15) is 9.59 Å². The molecule has 2 aromatic rings. The van der Waals surface area contributed by atoms with Crippen LogP contribution in [0.5, 0.6) is 0 Å². The highest BCUT2D eigenvalue weighted by Crippen LogP contribution is 2.26. The molecular weight excluding hydrogens is 346 g/mol. The van der Waals surface area contributed by atoms with Gasteiger partial charge in [0.1, 0.15) is 0 Å². The van der Waals surface area contributed by atoms with E-state index in [1.165, 1.54) is 12.7 Å². The number of anilines is 1. The van der Waals surface area contributed by atoms with Crippen LogP contribution in [0, 0.1) is 12.8 Å². The van der Waals surface area contributed by atoms with E-state index in [-0.39, 0.29) is 17.1 Å². The highest BCUT2D eigenvalue weighted by Gasteiger charge is 2.23. The standard InChI is InChI=1S/C21H25NO3S/c1-14(2)19(26-13-16-8-6-5-7-9-16)20(23)22-18-12-17(21(24)25-4)11-10-15(18)3/h5-12,14,19H,13H2,1-4H3,(H,22,23). The minimum absolute atomic E-state index is 0.0500. The number of hydrogen-bond acceptors (Lipinski definition) is 4. The van der Waals surface area contributed by atoms with Crippen molar-refractivity contribution in [3.63, 3.8) is 0 Å². The molecule has 0 aliphatic rings. The molecule has 4 nitrogen and oxygen atoms in total. The molecule has 0 aliphatic carbocycles. The predicted molar refractivity (Wildman–Crippen MR) is 108 cm³/mol. The molecule has 0 saturated heterocycles. The van der Waals surface area contributed by atoms with Crippen molar-refractivity contribution in [2.45, 2.75) is 31.8 Å². The van der Waals surface area contributed by atoms with Crippen LogP contribution in [0.4, 0.5) is 5.69 Å². The second-order valence-corrected chi connectivity index (χ2v) is 7.60. The molecule has 1 unspecified atom stereocenters. The van der Waals surface area contributed by atoms with Crippen LogP contribution >= 0.6 is 11.8 Å². The molecule has 0 bridgehead atoms. The summed E-state index contributed by atoms with van der Waals surface area (Å²) in [6, 6.07) is 15.3. The summed E-state index contributed by atoms with van der Waals surface area (Å²) in [4.78, 5) is 24.6. The molecule has 0 saturated carbocycles. The summed E-state index contributed by atoms with van der Waals surface area (Å²) >= 11 is 1.63. The zero-order valence-corrected chi connectivity index (χ0v) is 16.4. The number of carbonyl (C=O) groups excluding carboxylic acids is 2. The molecular formula is C21H25NO3S. The smallest absolute Gasteiger partial charge is 0.337 e. The van der Waals surface area contributed by atoms with Crippen LogP contribution in [0.1, 0.15) is 35.3 Å². The molecule has 138 valence electrons. The maximum absolute atomic E-state index is 12.8. The number of methoxy groups -OCH3 is 1. The second kappa shape index (κ2) is 9.43. The van der Waals surface area contributed by atoms with Gasteiger partial charge >= 0.3 is 5.97 Å². The first-order valence-corrected chi connectivity index (χ1v) is 9.62. The van der Waals surface area contributed by atoms with Gasteiger partial charge in [0.05, 0.1) is 17.9 Å². The van der Waals surface area contributed by atoms with Crippen molar-refractivity contribution in [3.8, 4) is 0 Å². The monoisotopic (exact) mass is 371 g/mol. The van der Waals surface area contributed by atoms with Crippen LogP contribution in [0.15, 0.2) is 48.5 Å². The van der Waals surface area contributed by atoms with Crippen molar-refractivity contribution in [1.82, 2.24) is 0 Å². The van der Waals surface area contributed by atoms with E-state index in [1.54, 1.807) is 23.9 Å². The summed E-state index contributed by atoms with van der Waals surface area (Å²) < 4.78 is 4.75. The number of nitrogens with one attached hydrogen (secondary N) is 1. The minimum Gasteiger partial charge on any atom is -0.465 e. The Balaban J connectivity index is 2.11. The number of ether oxygens (including phenoxy) is 1. The van der Waals surface area contributed by atoms with E-state index in [0.717, 1.165) is 11.3 Å². The van der Waals surface area contributed by atoms with Crippen molar-refractivity contribution in [2.75, 3.05) is 12.4 Å². The lowest BCUT2D eigenvalue weighted by Gasteiger charge is -2.21. The van der Waals surface area contributed by atoms with Gasteiger partial charge in [0.15, 0.2) is 0 Å². The van der Waals surface area contributed by atoms with E-state index in [1.807, 2.05) is 45.0 Å². The summed E-state index contributed by atoms with van der Waals surface area (Å²) in [5.41, 5.74) is 3.16. The number of aryl methyl sites for hydroxylation is 1. The quantitative estimate of drug-likeness (QED) is 0.718. The highest BCUT2D eigenvalue weighted by atomic mass is 32.2. The Labute approximate surface area is 159 Å². The Morgan fingerprint density at radius 1 is 1.12 bits per heavy atom. The molecule has 1 atom stereocenters. The summed E-state index contributed by atoms with van der Waals surface area (Å²) in [7, 11) is 1.34. The number of thioether (sulfide) groups is 1. The minimum atomic E-state index is -0.417. The molecule has 2 rings (SSSR count). The van der Waals surface area contributed by atoms with Gasteiger partial charge in [-0.05, 0) is 36.1 Å². The number of benzene rings is 2. The van der Waals surface area contributed by atoms with E-state index in [2.05, 4.69) is 17.4 Å². The first-order valence-electron chi connectivity index (χ1n) is 8.57. The third-order valence-corrected chi connectivity index (χ3v) is 5.67. The molecule has 2 aromatic carbocycles. The number of esters is 1. The zero-order valence-electron chi connectivity index (χ0n) is 15.6. The van der Waals surface area contributed by atoms with Crippen molar-refractivity contribution in [2.24, 2.45) is 5.92 Å². The van der Waals surface area contributed by atoms with Gasteiger partial charge in [0.2, 0.25) is 5.91 Å². The van der Waals surface area contributed by atoms with Gasteiger partial charge in [-0.15, -0.1) is 11.8 Å². The zero-order chi connectivity index (χ0) is 19.1. The molecule has 0 spiro atoms. The average Bonchev–Trinajstić information content (AvgIpc) is 2.63. The van der Waals surface area contributed by atoms with Crippen LogP contribution in [-0.4, -0.2) is 24.2 Å². The Morgan fingerprint density at radius 3 is 2.42 bits per heavy atom. The average molecular weight is 372 g/mol. The van der Waals surface area contributed by atoms with Gasteiger partial charge in [-0.25, -0.2) is 4.79 Å². The van der Waals surface area contributed by atoms with Crippen LogP contribution in [0.3, 0.4) is 0 Å². The topological polar surface area (TPSA) is 55.4 Å². The fourth-order valence-electron chi connectivity index (χ4n) is 2.54. The summed E-state index contributed by atoms with van der Waals surface area (Å²) in [6.07, 6.45) is 0. The van der Waals surface area contributed by atoms with Gasteiger partial charge in [-0.3, -0.25) is 4.79 Å². The third-order valence-electron chi connectivity index (χ3n) is 4.05. The van der Waals surface area contributed by atoms with Gasteiger partial charge in [-0.2, -0.15) is 0 Å². The van der Waals surface area contributed by atoms with Crippen molar-refractivity contribution >= 4 is 29.3 Å². The fourth-order valence-corrected chi connectivity index (χ4v) is 3.70. The third kappa shape index (κ3) is 5.36. The number of carbonyl (C=O) groups is 2. The maximum Gasteiger partial charge on any atom is 0.337 e. The Bertz CT molecular complexity index is 759. The van der Waals surface area contributed by atoms with E-state index >= 15 is 0 Å². The Hall–Kier alpha value is -2.27. The first kappa shape index (κ1) is 20.0. The van der Waals surface area contributed by atoms with Gasteiger partial charge < -0.3 is 10.1 Å². The molecule has 1 N–H and O–H groups in total. The van der Waals surface area contributed by atoms with Gasteiger partial charge in [0.25, 0.3) is 0 Å². The lowest BCUT2D eigenvalue weighted by atomic mass is 10.1. The molecule has 1 amide bonds. The van der Waals surface area contributed by atoms with Crippen LogP contribution in [0.2, 0.25) is 0 Å². The lowest BCUT2D eigenvalue weighted by Crippen LogP contribution is -2.30. The maximum atomic E-state index is 12.8. The number of rotatable bonds is 7. The molecule has 0 heterocycles. The normalized spacial score (nSPS) is 11.9. The Kier molecular flexibility index (Phi) is 7.27. The fraction of sp³-hybridized carbons (Fsp3) is 0.333. The van der Waals surface area contributed by atoms with Crippen LogP contribution in [-0.2, 0) is 15.3 Å². The first-order chi connectivity index (χ1) is 12.4. The number of amides is 1. The number of hydrogen-bond donors (Lipinski definition) is 1. The van der Waals surface area contributed by atoms with Gasteiger partial charge in [0, 0.05) is 11.4 Å². The molecule has 0 aliphatic heterocycles. The second-order valence-electron chi connectivity index (χ2n) is 6.47. The van der Waals surface area contributed by atoms with Crippen LogP contribution < -0.4 is 5.32 Å². The van der Waals surface area contributed by atoms with E-state index in [0.29, 0.717) is 11.3 Å². The van der Waals surface area contributed by atoms with Crippen molar-refractivity contribution < 1.29 is 14.3 Å². The molecule has 0 aromatic heterocycles. The molecule has 5 heteroatoms.